The molecule has 2 heterocycles. The summed E-state index contributed by atoms with van der Waals surface area (Å²) in [7, 11) is 0. The summed E-state index contributed by atoms with van der Waals surface area (Å²) in [6.45, 7) is 6.38. The zero-order chi connectivity index (χ0) is 17.3. The summed E-state index contributed by atoms with van der Waals surface area (Å²) in [5.74, 6) is 0. The lowest BCUT2D eigenvalue weighted by atomic mass is 10.00. The van der Waals surface area contributed by atoms with Crippen LogP contribution in [0.2, 0.25) is 10.2 Å². The molecule has 3 rings (SSSR count). The van der Waals surface area contributed by atoms with E-state index in [2.05, 4.69) is 24.0 Å². The normalized spacial score (nSPS) is 21.6. The molecule has 1 aliphatic rings. The van der Waals surface area contributed by atoms with Gasteiger partial charge in [0.15, 0.2) is 0 Å². The van der Waals surface area contributed by atoms with E-state index in [4.69, 9.17) is 28.3 Å². The molecule has 1 fully saturated rings. The highest BCUT2D eigenvalue weighted by atomic mass is 35.5. The van der Waals surface area contributed by atoms with Gasteiger partial charge in [-0.2, -0.15) is 10.2 Å². The molecule has 0 unspecified atom stereocenters. The number of rotatable bonds is 3. The number of hydrogen-bond acceptors (Lipinski definition) is 3. The maximum absolute atomic E-state index is 6.55. The van der Waals surface area contributed by atoms with E-state index >= 15 is 0 Å². The predicted octanol–water partition coefficient (Wildman–Crippen LogP) is 5.08. The topological polar surface area (TPSA) is 33.4 Å². The number of aryl methyl sites for hydroxylation is 1. The van der Waals surface area contributed by atoms with Crippen molar-refractivity contribution in [1.29, 1.82) is 0 Å². The molecule has 6 heteroatoms. The Morgan fingerprint density at radius 3 is 2.58 bits per heavy atom. The van der Waals surface area contributed by atoms with Gasteiger partial charge in [0.05, 0.1) is 23.2 Å². The molecule has 24 heavy (non-hydrogen) atoms. The van der Waals surface area contributed by atoms with Crippen molar-refractivity contribution in [2.24, 2.45) is 5.10 Å². The minimum atomic E-state index is 0.451. The van der Waals surface area contributed by atoms with Crippen LogP contribution in [0.5, 0.6) is 0 Å². The van der Waals surface area contributed by atoms with Gasteiger partial charge in [-0.15, -0.1) is 0 Å². The monoisotopic (exact) mass is 364 g/mol. The predicted molar refractivity (Wildman–Crippen MR) is 101 cm³/mol. The number of aromatic nitrogens is 2. The molecule has 0 saturated carbocycles. The lowest BCUT2D eigenvalue weighted by molar-refractivity contribution is 0.109. The van der Waals surface area contributed by atoms with Gasteiger partial charge in [-0.1, -0.05) is 29.3 Å². The molecule has 0 N–H and O–H groups in total. The zero-order valence-corrected chi connectivity index (χ0v) is 15.7. The van der Waals surface area contributed by atoms with Crippen LogP contribution in [0.25, 0.3) is 5.69 Å². The van der Waals surface area contributed by atoms with E-state index in [0.717, 1.165) is 16.9 Å². The maximum atomic E-state index is 6.55. The number of halogens is 2. The molecule has 1 aliphatic heterocycles. The zero-order valence-electron chi connectivity index (χ0n) is 14.2. The van der Waals surface area contributed by atoms with E-state index in [1.807, 2.05) is 37.4 Å². The van der Waals surface area contributed by atoms with Crippen molar-refractivity contribution in [3.63, 3.8) is 0 Å². The quantitative estimate of drug-likeness (QED) is 0.711. The molecule has 4 nitrogen and oxygen atoms in total. The highest BCUT2D eigenvalue weighted by molar-refractivity contribution is 6.32. The van der Waals surface area contributed by atoms with Crippen LogP contribution in [0.3, 0.4) is 0 Å². The van der Waals surface area contributed by atoms with Crippen molar-refractivity contribution in [2.75, 3.05) is 0 Å². The molecule has 1 saturated heterocycles. The highest BCUT2D eigenvalue weighted by Gasteiger charge is 2.23. The van der Waals surface area contributed by atoms with E-state index in [0.29, 0.717) is 22.3 Å². The summed E-state index contributed by atoms with van der Waals surface area (Å²) in [5, 5.41) is 12.6. The molecular weight excluding hydrogens is 343 g/mol. The second kappa shape index (κ2) is 7.16. The third-order valence-electron chi connectivity index (χ3n) is 4.57. The van der Waals surface area contributed by atoms with Gasteiger partial charge in [-0.05, 0) is 58.2 Å². The van der Waals surface area contributed by atoms with Gasteiger partial charge in [0.25, 0.3) is 0 Å². The molecule has 0 aliphatic carbocycles. The molecule has 0 amide bonds. The first-order valence-corrected chi connectivity index (χ1v) is 9.06. The minimum absolute atomic E-state index is 0.451. The fourth-order valence-electron chi connectivity index (χ4n) is 3.20. The Balaban J connectivity index is 1.91. The number of nitrogens with zero attached hydrogens (tertiary/aromatic N) is 4. The van der Waals surface area contributed by atoms with Crippen molar-refractivity contribution >= 4 is 29.4 Å². The molecule has 1 aromatic carbocycles. The van der Waals surface area contributed by atoms with Crippen LogP contribution >= 0.6 is 23.2 Å². The summed E-state index contributed by atoms with van der Waals surface area (Å²) >= 11 is 12.6. The van der Waals surface area contributed by atoms with Crippen molar-refractivity contribution in [2.45, 2.75) is 52.1 Å². The summed E-state index contributed by atoms with van der Waals surface area (Å²) in [4.78, 5) is 0. The summed E-state index contributed by atoms with van der Waals surface area (Å²) in [6.07, 6.45) is 5.46. The molecule has 0 spiro atoms. The Morgan fingerprint density at radius 2 is 1.92 bits per heavy atom. The number of benzene rings is 1. The van der Waals surface area contributed by atoms with E-state index in [1.165, 1.54) is 19.3 Å². The van der Waals surface area contributed by atoms with Crippen molar-refractivity contribution in [3.8, 4) is 5.69 Å². The van der Waals surface area contributed by atoms with E-state index in [-0.39, 0.29) is 0 Å². The second-order valence-corrected chi connectivity index (χ2v) is 7.23. The number of piperidine rings is 1. The third kappa shape index (κ3) is 3.45. The first kappa shape index (κ1) is 17.3. The van der Waals surface area contributed by atoms with Gasteiger partial charge in [-0.25, -0.2) is 4.68 Å². The standard InChI is InChI=1S/C18H22Cl2N4/c1-12-6-4-7-13(2)23(12)21-11-17-14(3)22-24(18(17)20)16-9-5-8-15(19)10-16/h5,8-13H,4,6-7H2,1-3H3/b21-11-/t12-,13-/m1/s1. The Labute approximate surface area is 153 Å². The van der Waals surface area contributed by atoms with Crippen LogP contribution < -0.4 is 0 Å². The number of hydrogen-bond donors (Lipinski definition) is 0. The van der Waals surface area contributed by atoms with Crippen molar-refractivity contribution in [3.05, 3.63) is 45.7 Å². The van der Waals surface area contributed by atoms with Gasteiger partial charge in [0.1, 0.15) is 5.15 Å². The van der Waals surface area contributed by atoms with Gasteiger partial charge in [0.2, 0.25) is 0 Å². The van der Waals surface area contributed by atoms with Crippen molar-refractivity contribution < 1.29 is 0 Å². The van der Waals surface area contributed by atoms with E-state index < -0.39 is 0 Å². The summed E-state index contributed by atoms with van der Waals surface area (Å²) in [6, 6.07) is 8.39. The average Bonchev–Trinajstić information content (AvgIpc) is 2.82. The van der Waals surface area contributed by atoms with E-state index in [9.17, 15) is 0 Å². The van der Waals surface area contributed by atoms with Gasteiger partial charge < -0.3 is 0 Å². The maximum Gasteiger partial charge on any atom is 0.142 e. The average molecular weight is 365 g/mol. The van der Waals surface area contributed by atoms with Crippen LogP contribution in [-0.2, 0) is 0 Å². The SMILES string of the molecule is Cc1nn(-c2cccc(Cl)c2)c(Cl)c1/C=N\N1[C@H](C)CCC[C@H]1C. The Hall–Kier alpha value is -1.52. The van der Waals surface area contributed by atoms with Crippen LogP contribution in [0.1, 0.15) is 44.4 Å². The highest BCUT2D eigenvalue weighted by Crippen LogP contribution is 2.26. The lowest BCUT2D eigenvalue weighted by Gasteiger charge is -2.36. The van der Waals surface area contributed by atoms with Gasteiger partial charge in [0, 0.05) is 17.1 Å². The Morgan fingerprint density at radius 1 is 1.21 bits per heavy atom. The Kier molecular flexibility index (Phi) is 5.16. The first-order valence-electron chi connectivity index (χ1n) is 8.30. The van der Waals surface area contributed by atoms with Crippen molar-refractivity contribution in [1.82, 2.24) is 14.8 Å². The van der Waals surface area contributed by atoms with Gasteiger partial charge in [-0.3, -0.25) is 5.01 Å². The van der Waals surface area contributed by atoms with Crippen LogP contribution in [0.15, 0.2) is 29.4 Å². The van der Waals surface area contributed by atoms with Crippen LogP contribution in [0, 0.1) is 6.92 Å². The minimum Gasteiger partial charge on any atom is -0.292 e. The summed E-state index contributed by atoms with van der Waals surface area (Å²) < 4.78 is 1.70. The molecule has 0 radical (unpaired) electrons. The molecule has 1 aromatic heterocycles. The summed E-state index contributed by atoms with van der Waals surface area (Å²) in [5.41, 5.74) is 2.54. The molecule has 0 bridgehead atoms. The Bertz CT molecular complexity index is 743. The van der Waals surface area contributed by atoms with Crippen LogP contribution in [-0.4, -0.2) is 33.1 Å². The van der Waals surface area contributed by atoms with Crippen LogP contribution in [0.4, 0.5) is 0 Å². The molecule has 2 atom stereocenters. The first-order chi connectivity index (χ1) is 11.5. The lowest BCUT2D eigenvalue weighted by Crippen LogP contribution is -2.39. The smallest absolute Gasteiger partial charge is 0.142 e. The third-order valence-corrected chi connectivity index (χ3v) is 5.17. The van der Waals surface area contributed by atoms with E-state index in [1.54, 1.807) is 4.68 Å². The fourth-order valence-corrected chi connectivity index (χ4v) is 3.70. The molecular formula is C18H22Cl2N4. The van der Waals surface area contributed by atoms with Gasteiger partial charge >= 0.3 is 0 Å². The molecule has 2 aromatic rings. The molecule has 128 valence electrons. The fraction of sp³-hybridized carbons (Fsp3) is 0.444. The second-order valence-electron chi connectivity index (χ2n) is 6.44. The largest absolute Gasteiger partial charge is 0.292 e. The number of hydrazone groups is 1.